The first-order valence-electron chi connectivity index (χ1n) is 7.17. The van der Waals surface area contributed by atoms with Crippen LogP contribution in [-0.4, -0.2) is 11.6 Å². The molecule has 0 bridgehead atoms. The molecule has 104 valence electrons. The van der Waals surface area contributed by atoms with E-state index in [1.807, 2.05) is 17.7 Å². The maximum Gasteiger partial charge on any atom is 0.255 e. The maximum atomic E-state index is 12.6. The topological polar surface area (TPSA) is 34.0 Å². The summed E-state index contributed by atoms with van der Waals surface area (Å²) in [6, 6.07) is 12.8. The predicted molar refractivity (Wildman–Crippen MR) is 81.9 cm³/mol. The number of nitrogens with one attached hydrogen (secondary N) is 1. The van der Waals surface area contributed by atoms with Crippen LogP contribution in [0.1, 0.15) is 30.0 Å². The number of benzene rings is 1. The van der Waals surface area contributed by atoms with Gasteiger partial charge < -0.3 is 9.88 Å². The van der Waals surface area contributed by atoms with Gasteiger partial charge in [-0.1, -0.05) is 35.9 Å². The van der Waals surface area contributed by atoms with Crippen LogP contribution >= 0.6 is 0 Å². The van der Waals surface area contributed by atoms with Crippen molar-refractivity contribution < 1.29 is 0 Å². The number of aromatic nitrogens is 1. The molecule has 1 aromatic carbocycles. The van der Waals surface area contributed by atoms with Gasteiger partial charge in [0.25, 0.3) is 5.56 Å². The second kappa shape index (κ2) is 5.25. The fourth-order valence-electron chi connectivity index (χ4n) is 2.58. The van der Waals surface area contributed by atoms with Gasteiger partial charge in [-0.3, -0.25) is 4.79 Å². The van der Waals surface area contributed by atoms with Crippen molar-refractivity contribution in [2.45, 2.75) is 32.4 Å². The van der Waals surface area contributed by atoms with Crippen LogP contribution in [-0.2, 0) is 6.54 Å². The van der Waals surface area contributed by atoms with Gasteiger partial charge in [-0.2, -0.15) is 0 Å². The minimum atomic E-state index is 0.153. The number of aryl methyl sites for hydroxylation is 1. The van der Waals surface area contributed by atoms with Crippen LogP contribution in [0.15, 0.2) is 41.2 Å². The minimum absolute atomic E-state index is 0.153. The highest BCUT2D eigenvalue weighted by Gasteiger charge is 2.27. The van der Waals surface area contributed by atoms with E-state index in [-0.39, 0.29) is 5.56 Å². The largest absolute Gasteiger partial charge is 0.315 e. The molecule has 0 radical (unpaired) electrons. The Bertz CT molecular complexity index is 666. The summed E-state index contributed by atoms with van der Waals surface area (Å²) in [7, 11) is 1.87. The van der Waals surface area contributed by atoms with Crippen molar-refractivity contribution in [2.75, 3.05) is 7.05 Å². The lowest BCUT2D eigenvalue weighted by atomic mass is 10.1. The summed E-state index contributed by atoms with van der Waals surface area (Å²) < 4.78 is 1.98. The molecule has 1 aliphatic rings. The van der Waals surface area contributed by atoms with E-state index in [2.05, 4.69) is 42.6 Å². The molecule has 2 aromatic rings. The second-order valence-corrected chi connectivity index (χ2v) is 5.55. The highest BCUT2D eigenvalue weighted by atomic mass is 16.1. The zero-order chi connectivity index (χ0) is 14.1. The van der Waals surface area contributed by atoms with Gasteiger partial charge in [-0.15, -0.1) is 0 Å². The standard InChI is InChI=1S/C17H20N2O/c1-12-3-5-13(6-4-12)16-10-7-14(11-18-2)17(20)19(16)15-8-9-15/h3-7,10,15,18H,8-9,11H2,1-2H3. The van der Waals surface area contributed by atoms with Gasteiger partial charge in [0.1, 0.15) is 0 Å². The Labute approximate surface area is 119 Å². The molecule has 3 nitrogen and oxygen atoms in total. The summed E-state index contributed by atoms with van der Waals surface area (Å²) >= 11 is 0. The van der Waals surface area contributed by atoms with E-state index in [0.29, 0.717) is 12.6 Å². The summed E-state index contributed by atoms with van der Waals surface area (Å²) in [5, 5.41) is 3.06. The maximum absolute atomic E-state index is 12.6. The molecular formula is C17H20N2O. The lowest BCUT2D eigenvalue weighted by Gasteiger charge is -2.14. The lowest BCUT2D eigenvalue weighted by molar-refractivity contribution is 0.691. The van der Waals surface area contributed by atoms with Gasteiger partial charge in [-0.25, -0.2) is 0 Å². The number of nitrogens with zero attached hydrogens (tertiary/aromatic N) is 1. The molecule has 1 heterocycles. The third-order valence-corrected chi connectivity index (χ3v) is 3.82. The Morgan fingerprint density at radius 3 is 2.45 bits per heavy atom. The molecule has 1 saturated carbocycles. The van der Waals surface area contributed by atoms with Crippen LogP contribution in [0, 0.1) is 6.92 Å². The number of hydrogen-bond acceptors (Lipinski definition) is 2. The van der Waals surface area contributed by atoms with Crippen molar-refractivity contribution in [3.63, 3.8) is 0 Å². The van der Waals surface area contributed by atoms with E-state index in [4.69, 9.17) is 0 Å². The molecule has 0 unspecified atom stereocenters. The smallest absolute Gasteiger partial charge is 0.255 e. The van der Waals surface area contributed by atoms with Gasteiger partial charge in [0.05, 0.1) is 5.69 Å². The quantitative estimate of drug-likeness (QED) is 0.925. The molecule has 3 rings (SSSR count). The number of hydrogen-bond donors (Lipinski definition) is 1. The summed E-state index contributed by atoms with van der Waals surface area (Å²) in [5.41, 5.74) is 4.39. The van der Waals surface area contributed by atoms with Gasteiger partial charge in [0.15, 0.2) is 0 Å². The van der Waals surface area contributed by atoms with E-state index in [1.165, 1.54) is 5.56 Å². The Morgan fingerprint density at radius 2 is 1.85 bits per heavy atom. The SMILES string of the molecule is CNCc1ccc(-c2ccc(C)cc2)n(C2CC2)c1=O. The molecule has 0 aliphatic heterocycles. The summed E-state index contributed by atoms with van der Waals surface area (Å²) in [4.78, 5) is 12.6. The zero-order valence-corrected chi connectivity index (χ0v) is 12.0. The molecule has 0 spiro atoms. The van der Waals surface area contributed by atoms with Crippen molar-refractivity contribution in [3.05, 3.63) is 57.9 Å². The third kappa shape index (κ3) is 2.41. The Hall–Kier alpha value is -1.87. The van der Waals surface area contributed by atoms with Crippen molar-refractivity contribution in [2.24, 2.45) is 0 Å². The van der Waals surface area contributed by atoms with Crippen molar-refractivity contribution in [1.29, 1.82) is 0 Å². The molecule has 1 aromatic heterocycles. The molecule has 1 N–H and O–H groups in total. The fourth-order valence-corrected chi connectivity index (χ4v) is 2.58. The van der Waals surface area contributed by atoms with Crippen LogP contribution < -0.4 is 10.9 Å². The first-order valence-corrected chi connectivity index (χ1v) is 7.17. The molecule has 3 heteroatoms. The van der Waals surface area contributed by atoms with Crippen LogP contribution in [0.5, 0.6) is 0 Å². The summed E-state index contributed by atoms with van der Waals surface area (Å²) in [5.74, 6) is 0. The molecular weight excluding hydrogens is 248 g/mol. The lowest BCUT2D eigenvalue weighted by Crippen LogP contribution is -2.26. The van der Waals surface area contributed by atoms with Crippen LogP contribution in [0.2, 0.25) is 0 Å². The Kier molecular flexibility index (Phi) is 3.45. The summed E-state index contributed by atoms with van der Waals surface area (Å²) in [6.45, 7) is 2.70. The van der Waals surface area contributed by atoms with E-state index >= 15 is 0 Å². The molecule has 20 heavy (non-hydrogen) atoms. The van der Waals surface area contributed by atoms with E-state index in [1.54, 1.807) is 0 Å². The van der Waals surface area contributed by atoms with Crippen molar-refractivity contribution in [3.8, 4) is 11.3 Å². The third-order valence-electron chi connectivity index (χ3n) is 3.82. The molecule has 0 atom stereocenters. The highest BCUT2D eigenvalue weighted by molar-refractivity contribution is 5.60. The zero-order valence-electron chi connectivity index (χ0n) is 12.0. The van der Waals surface area contributed by atoms with Crippen molar-refractivity contribution >= 4 is 0 Å². The minimum Gasteiger partial charge on any atom is -0.315 e. The fraction of sp³-hybridized carbons (Fsp3) is 0.353. The van der Waals surface area contributed by atoms with E-state index in [0.717, 1.165) is 29.7 Å². The normalized spacial score (nSPS) is 14.5. The van der Waals surface area contributed by atoms with Crippen LogP contribution in [0.25, 0.3) is 11.3 Å². The molecule has 1 aliphatic carbocycles. The molecule has 0 amide bonds. The average molecular weight is 268 g/mol. The second-order valence-electron chi connectivity index (χ2n) is 5.55. The monoisotopic (exact) mass is 268 g/mol. The first kappa shape index (κ1) is 13.1. The Morgan fingerprint density at radius 1 is 1.15 bits per heavy atom. The number of pyridine rings is 1. The van der Waals surface area contributed by atoms with Crippen LogP contribution in [0.3, 0.4) is 0 Å². The highest BCUT2D eigenvalue weighted by Crippen LogP contribution is 2.37. The Balaban J connectivity index is 2.13. The summed E-state index contributed by atoms with van der Waals surface area (Å²) in [6.07, 6.45) is 2.23. The van der Waals surface area contributed by atoms with Gasteiger partial charge >= 0.3 is 0 Å². The van der Waals surface area contributed by atoms with E-state index < -0.39 is 0 Å². The van der Waals surface area contributed by atoms with Crippen molar-refractivity contribution in [1.82, 2.24) is 9.88 Å². The van der Waals surface area contributed by atoms with Gasteiger partial charge in [0.2, 0.25) is 0 Å². The average Bonchev–Trinajstić information content (AvgIpc) is 3.26. The van der Waals surface area contributed by atoms with Gasteiger partial charge in [0, 0.05) is 18.2 Å². The molecule has 0 saturated heterocycles. The predicted octanol–water partition coefficient (Wildman–Crippen LogP) is 2.88. The van der Waals surface area contributed by atoms with Crippen LogP contribution in [0.4, 0.5) is 0 Å². The number of rotatable bonds is 4. The molecule has 1 fully saturated rings. The first-order chi connectivity index (χ1) is 9.70. The van der Waals surface area contributed by atoms with Gasteiger partial charge in [-0.05, 0) is 38.4 Å². The van der Waals surface area contributed by atoms with E-state index in [9.17, 15) is 4.79 Å².